The molecule has 96 valence electrons. The first-order valence-electron chi connectivity index (χ1n) is 6.26. The predicted octanol–water partition coefficient (Wildman–Crippen LogP) is 2.43. The first-order chi connectivity index (χ1) is 7.94. The van der Waals surface area contributed by atoms with Crippen LogP contribution in [0.1, 0.15) is 37.4 Å². The van der Waals surface area contributed by atoms with Crippen LogP contribution >= 0.6 is 11.3 Å². The highest BCUT2D eigenvalue weighted by atomic mass is 32.1. The SMILES string of the molecule is Cc1nc(CN2CCC(O)CC(C)(C)C2)cs1. The van der Waals surface area contributed by atoms with E-state index in [1.165, 1.54) is 5.69 Å². The molecule has 1 unspecified atom stereocenters. The van der Waals surface area contributed by atoms with E-state index < -0.39 is 0 Å². The Morgan fingerprint density at radius 3 is 3.00 bits per heavy atom. The molecule has 2 heterocycles. The Bertz CT molecular complexity index is 375. The Morgan fingerprint density at radius 2 is 2.35 bits per heavy atom. The Morgan fingerprint density at radius 1 is 1.59 bits per heavy atom. The van der Waals surface area contributed by atoms with Crippen molar-refractivity contribution in [2.45, 2.75) is 46.3 Å². The number of rotatable bonds is 2. The van der Waals surface area contributed by atoms with E-state index in [9.17, 15) is 5.11 Å². The second-order valence-electron chi connectivity index (χ2n) is 5.88. The monoisotopic (exact) mass is 254 g/mol. The molecule has 1 aromatic heterocycles. The molecular formula is C13H22N2OS. The molecule has 0 aliphatic carbocycles. The molecule has 1 aliphatic rings. The minimum Gasteiger partial charge on any atom is -0.393 e. The van der Waals surface area contributed by atoms with Gasteiger partial charge < -0.3 is 5.11 Å². The van der Waals surface area contributed by atoms with Crippen molar-refractivity contribution >= 4 is 11.3 Å². The van der Waals surface area contributed by atoms with Crippen molar-refractivity contribution in [2.75, 3.05) is 13.1 Å². The van der Waals surface area contributed by atoms with E-state index in [1.807, 2.05) is 6.92 Å². The van der Waals surface area contributed by atoms with Gasteiger partial charge in [-0.25, -0.2) is 4.98 Å². The van der Waals surface area contributed by atoms with Crippen molar-refractivity contribution in [3.8, 4) is 0 Å². The fourth-order valence-corrected chi connectivity index (χ4v) is 3.27. The van der Waals surface area contributed by atoms with Gasteiger partial charge in [-0.15, -0.1) is 11.3 Å². The van der Waals surface area contributed by atoms with Gasteiger partial charge in [0.2, 0.25) is 0 Å². The van der Waals surface area contributed by atoms with Gasteiger partial charge in [0.1, 0.15) is 0 Å². The fraction of sp³-hybridized carbons (Fsp3) is 0.769. The molecule has 0 bridgehead atoms. The quantitative estimate of drug-likeness (QED) is 0.880. The van der Waals surface area contributed by atoms with E-state index in [-0.39, 0.29) is 11.5 Å². The molecule has 2 rings (SSSR count). The molecule has 1 saturated heterocycles. The smallest absolute Gasteiger partial charge is 0.0897 e. The van der Waals surface area contributed by atoms with Crippen LogP contribution in [0.4, 0.5) is 0 Å². The standard InChI is InChI=1S/C13H22N2OS/c1-10-14-11(8-17-10)7-15-5-4-12(16)6-13(2,3)9-15/h8,12,16H,4-7,9H2,1-3H3. The third kappa shape index (κ3) is 3.76. The molecule has 1 atom stereocenters. The summed E-state index contributed by atoms with van der Waals surface area (Å²) in [4.78, 5) is 6.94. The number of aliphatic hydroxyl groups excluding tert-OH is 1. The van der Waals surface area contributed by atoms with Crippen LogP contribution in [0.5, 0.6) is 0 Å². The second kappa shape index (κ2) is 5.04. The van der Waals surface area contributed by atoms with Crippen molar-refractivity contribution in [2.24, 2.45) is 5.41 Å². The summed E-state index contributed by atoms with van der Waals surface area (Å²) in [5.74, 6) is 0. The highest BCUT2D eigenvalue weighted by Crippen LogP contribution is 2.29. The summed E-state index contributed by atoms with van der Waals surface area (Å²) >= 11 is 1.71. The van der Waals surface area contributed by atoms with Gasteiger partial charge in [-0.3, -0.25) is 4.90 Å². The zero-order valence-electron chi connectivity index (χ0n) is 10.9. The maximum Gasteiger partial charge on any atom is 0.0897 e. The number of aromatic nitrogens is 1. The van der Waals surface area contributed by atoms with Crippen LogP contribution in [0, 0.1) is 12.3 Å². The van der Waals surface area contributed by atoms with Crippen LogP contribution in [-0.2, 0) is 6.54 Å². The lowest BCUT2D eigenvalue weighted by Crippen LogP contribution is -2.32. The largest absolute Gasteiger partial charge is 0.393 e. The van der Waals surface area contributed by atoms with Crippen LogP contribution in [-0.4, -0.2) is 34.2 Å². The van der Waals surface area contributed by atoms with E-state index in [2.05, 4.69) is 29.1 Å². The number of hydrogen-bond acceptors (Lipinski definition) is 4. The molecule has 1 aliphatic heterocycles. The third-order valence-electron chi connectivity index (χ3n) is 3.27. The van der Waals surface area contributed by atoms with E-state index >= 15 is 0 Å². The van der Waals surface area contributed by atoms with E-state index in [4.69, 9.17) is 0 Å². The van der Waals surface area contributed by atoms with E-state index in [1.54, 1.807) is 11.3 Å². The molecule has 1 aromatic rings. The number of aryl methyl sites for hydroxylation is 1. The highest BCUT2D eigenvalue weighted by Gasteiger charge is 2.29. The molecule has 0 radical (unpaired) electrons. The summed E-state index contributed by atoms with van der Waals surface area (Å²) in [6.45, 7) is 9.45. The molecule has 3 nitrogen and oxygen atoms in total. The molecule has 17 heavy (non-hydrogen) atoms. The first-order valence-corrected chi connectivity index (χ1v) is 7.14. The molecule has 0 amide bonds. The molecule has 0 spiro atoms. The predicted molar refractivity (Wildman–Crippen MR) is 71.1 cm³/mol. The summed E-state index contributed by atoms with van der Waals surface area (Å²) < 4.78 is 0. The van der Waals surface area contributed by atoms with Gasteiger partial charge in [0.25, 0.3) is 0 Å². The van der Waals surface area contributed by atoms with Crippen molar-refractivity contribution in [3.05, 3.63) is 16.1 Å². The van der Waals surface area contributed by atoms with Gasteiger partial charge in [-0.2, -0.15) is 0 Å². The van der Waals surface area contributed by atoms with E-state index in [0.29, 0.717) is 0 Å². The normalized spacial score (nSPS) is 25.8. The summed E-state index contributed by atoms with van der Waals surface area (Å²) in [7, 11) is 0. The minimum absolute atomic E-state index is 0.146. The van der Waals surface area contributed by atoms with Gasteiger partial charge in [-0.1, -0.05) is 13.8 Å². The lowest BCUT2D eigenvalue weighted by molar-refractivity contribution is 0.121. The first kappa shape index (κ1) is 13.0. The number of thiazole rings is 1. The Kier molecular flexibility index (Phi) is 3.85. The van der Waals surface area contributed by atoms with Crippen LogP contribution in [0.2, 0.25) is 0 Å². The molecule has 0 aromatic carbocycles. The highest BCUT2D eigenvalue weighted by molar-refractivity contribution is 7.09. The number of nitrogens with zero attached hydrogens (tertiary/aromatic N) is 2. The van der Waals surface area contributed by atoms with Crippen LogP contribution in [0.3, 0.4) is 0 Å². The van der Waals surface area contributed by atoms with Gasteiger partial charge in [0.15, 0.2) is 0 Å². The Balaban J connectivity index is 2.00. The molecule has 1 fully saturated rings. The van der Waals surface area contributed by atoms with Crippen molar-refractivity contribution in [3.63, 3.8) is 0 Å². The third-order valence-corrected chi connectivity index (χ3v) is 4.09. The van der Waals surface area contributed by atoms with Gasteiger partial charge in [0.05, 0.1) is 16.8 Å². The average molecular weight is 254 g/mol. The zero-order chi connectivity index (χ0) is 12.5. The van der Waals surface area contributed by atoms with Crippen molar-refractivity contribution in [1.29, 1.82) is 0 Å². The molecule has 1 N–H and O–H groups in total. The van der Waals surface area contributed by atoms with Gasteiger partial charge >= 0.3 is 0 Å². The van der Waals surface area contributed by atoms with E-state index in [0.717, 1.165) is 37.5 Å². The fourth-order valence-electron chi connectivity index (χ4n) is 2.67. The lowest BCUT2D eigenvalue weighted by Gasteiger charge is -2.29. The van der Waals surface area contributed by atoms with Crippen LogP contribution in [0.25, 0.3) is 0 Å². The average Bonchev–Trinajstić information content (AvgIpc) is 2.53. The number of aliphatic hydroxyl groups is 1. The zero-order valence-corrected chi connectivity index (χ0v) is 11.8. The van der Waals surface area contributed by atoms with Gasteiger partial charge in [-0.05, 0) is 25.2 Å². The summed E-state index contributed by atoms with van der Waals surface area (Å²) in [6.07, 6.45) is 1.64. The molecular weight excluding hydrogens is 232 g/mol. The summed E-state index contributed by atoms with van der Waals surface area (Å²) in [6, 6.07) is 0. The Labute approximate surface area is 107 Å². The maximum absolute atomic E-state index is 9.87. The van der Waals surface area contributed by atoms with Gasteiger partial charge in [0, 0.05) is 25.0 Å². The minimum atomic E-state index is -0.146. The lowest BCUT2D eigenvalue weighted by atomic mass is 9.87. The topological polar surface area (TPSA) is 36.4 Å². The molecule has 0 saturated carbocycles. The Hall–Kier alpha value is -0.450. The second-order valence-corrected chi connectivity index (χ2v) is 6.94. The number of hydrogen-bond donors (Lipinski definition) is 1. The maximum atomic E-state index is 9.87. The van der Waals surface area contributed by atoms with Crippen molar-refractivity contribution in [1.82, 2.24) is 9.88 Å². The number of likely N-dealkylation sites (tertiary alicyclic amines) is 1. The van der Waals surface area contributed by atoms with Crippen LogP contribution in [0.15, 0.2) is 5.38 Å². The van der Waals surface area contributed by atoms with Crippen molar-refractivity contribution < 1.29 is 5.11 Å². The summed E-state index contributed by atoms with van der Waals surface area (Å²) in [5.41, 5.74) is 1.36. The summed E-state index contributed by atoms with van der Waals surface area (Å²) in [5, 5.41) is 13.1. The van der Waals surface area contributed by atoms with Crippen LogP contribution < -0.4 is 0 Å². The molecule has 4 heteroatoms.